The molecule has 2 heteroatoms. The molecule has 0 atom stereocenters. The second-order valence-electron chi connectivity index (χ2n) is 10.4. The Morgan fingerprint density at radius 1 is 0.514 bits per heavy atom. The summed E-state index contributed by atoms with van der Waals surface area (Å²) in [5, 5.41) is 0. The average molecular weight is 488 g/mol. The summed E-state index contributed by atoms with van der Waals surface area (Å²) in [5.41, 5.74) is 1.21. The standard InChI is InChI=1S/C33H59O2/c1-4-7-9-11-13-15-17-19-21-23-29-34-32-27-25-28-33(31(32)26-6-3)35-30-24-22-20-18-16-14-12-10-8-5-2/h25,27-28H,3-24,26,29-30H2,1-2H3. The zero-order valence-electron chi connectivity index (χ0n) is 23.7. The van der Waals surface area contributed by atoms with Gasteiger partial charge in [-0.25, -0.2) is 0 Å². The van der Waals surface area contributed by atoms with Gasteiger partial charge in [0.05, 0.1) is 13.2 Å². The molecule has 203 valence electrons. The summed E-state index contributed by atoms with van der Waals surface area (Å²) in [6.07, 6.45) is 28.8. The van der Waals surface area contributed by atoms with Crippen LogP contribution in [-0.2, 0) is 6.42 Å². The molecule has 35 heavy (non-hydrogen) atoms. The van der Waals surface area contributed by atoms with Crippen molar-refractivity contribution in [1.29, 1.82) is 0 Å². The Labute approximate surface area is 220 Å². The lowest BCUT2D eigenvalue weighted by Gasteiger charge is -2.16. The first-order valence-corrected chi connectivity index (χ1v) is 15.5. The molecule has 0 saturated carbocycles. The highest BCUT2D eigenvalue weighted by Crippen LogP contribution is 2.30. The molecule has 1 aromatic carbocycles. The van der Waals surface area contributed by atoms with Gasteiger partial charge in [0.1, 0.15) is 11.5 Å². The maximum absolute atomic E-state index is 6.20. The minimum Gasteiger partial charge on any atom is -0.493 e. The second-order valence-corrected chi connectivity index (χ2v) is 10.4. The van der Waals surface area contributed by atoms with Crippen LogP contribution in [0.1, 0.15) is 154 Å². The molecule has 0 saturated heterocycles. The largest absolute Gasteiger partial charge is 0.493 e. The van der Waals surface area contributed by atoms with E-state index in [1.807, 2.05) is 0 Å². The fourth-order valence-corrected chi connectivity index (χ4v) is 4.78. The lowest BCUT2D eigenvalue weighted by atomic mass is 10.1. The van der Waals surface area contributed by atoms with Gasteiger partial charge in [-0.1, -0.05) is 142 Å². The summed E-state index contributed by atoms with van der Waals surface area (Å²) in [6, 6.07) is 6.29. The zero-order chi connectivity index (χ0) is 25.2. The van der Waals surface area contributed by atoms with Gasteiger partial charge in [0, 0.05) is 5.56 Å². The highest BCUT2D eigenvalue weighted by atomic mass is 16.5. The molecule has 0 aromatic heterocycles. The van der Waals surface area contributed by atoms with Crippen LogP contribution in [0, 0.1) is 6.92 Å². The minimum absolute atomic E-state index is 0.808. The van der Waals surface area contributed by atoms with Gasteiger partial charge < -0.3 is 9.47 Å². The fraction of sp³-hybridized carbons (Fsp3) is 0.788. The highest BCUT2D eigenvalue weighted by Gasteiger charge is 2.10. The van der Waals surface area contributed by atoms with Crippen LogP contribution in [0.2, 0.25) is 0 Å². The maximum atomic E-state index is 6.20. The molecular formula is C33H59O2. The van der Waals surface area contributed by atoms with Gasteiger partial charge in [-0.05, 0) is 37.8 Å². The van der Waals surface area contributed by atoms with Crippen LogP contribution in [0.25, 0.3) is 0 Å². The van der Waals surface area contributed by atoms with Crippen LogP contribution in [0.5, 0.6) is 11.5 Å². The molecule has 1 aromatic rings. The van der Waals surface area contributed by atoms with E-state index in [1.54, 1.807) is 0 Å². The Balaban J connectivity index is 2.18. The van der Waals surface area contributed by atoms with Crippen LogP contribution < -0.4 is 9.47 Å². The van der Waals surface area contributed by atoms with Crippen LogP contribution in [0.4, 0.5) is 0 Å². The van der Waals surface area contributed by atoms with Crippen molar-refractivity contribution in [1.82, 2.24) is 0 Å². The lowest BCUT2D eigenvalue weighted by Crippen LogP contribution is -2.04. The van der Waals surface area contributed by atoms with Crippen LogP contribution in [-0.4, -0.2) is 13.2 Å². The highest BCUT2D eigenvalue weighted by molar-refractivity contribution is 5.45. The minimum atomic E-state index is 0.808. The first-order valence-electron chi connectivity index (χ1n) is 15.5. The summed E-state index contributed by atoms with van der Waals surface area (Å²) in [6.45, 7) is 10.3. The normalized spacial score (nSPS) is 11.2. The van der Waals surface area contributed by atoms with Crippen molar-refractivity contribution in [3.63, 3.8) is 0 Å². The van der Waals surface area contributed by atoms with Crippen molar-refractivity contribution in [2.75, 3.05) is 13.2 Å². The number of hydrogen-bond donors (Lipinski definition) is 0. The van der Waals surface area contributed by atoms with Gasteiger partial charge in [-0.3, -0.25) is 0 Å². The molecule has 0 aliphatic carbocycles. The first kappa shape index (κ1) is 31.8. The smallest absolute Gasteiger partial charge is 0.126 e. The molecule has 2 nitrogen and oxygen atoms in total. The van der Waals surface area contributed by atoms with E-state index in [-0.39, 0.29) is 0 Å². The molecule has 0 aliphatic heterocycles. The predicted octanol–water partition coefficient (Wildman–Crippen LogP) is 11.1. The fourth-order valence-electron chi connectivity index (χ4n) is 4.78. The molecule has 1 rings (SSSR count). The van der Waals surface area contributed by atoms with Gasteiger partial charge in [-0.15, -0.1) is 0 Å². The number of unbranched alkanes of at least 4 members (excludes halogenated alkanes) is 18. The zero-order valence-corrected chi connectivity index (χ0v) is 23.7. The number of hydrogen-bond acceptors (Lipinski definition) is 2. The Morgan fingerprint density at radius 3 is 1.20 bits per heavy atom. The monoisotopic (exact) mass is 487 g/mol. The molecule has 0 fully saturated rings. The Bertz CT molecular complexity index is 524. The third kappa shape index (κ3) is 17.8. The van der Waals surface area contributed by atoms with Gasteiger partial charge >= 0.3 is 0 Å². The van der Waals surface area contributed by atoms with E-state index >= 15 is 0 Å². The van der Waals surface area contributed by atoms with Crippen molar-refractivity contribution in [2.45, 2.75) is 155 Å². The van der Waals surface area contributed by atoms with E-state index in [0.717, 1.165) is 50.4 Å². The van der Waals surface area contributed by atoms with E-state index < -0.39 is 0 Å². The molecule has 0 N–H and O–H groups in total. The number of rotatable bonds is 26. The van der Waals surface area contributed by atoms with Crippen molar-refractivity contribution < 1.29 is 9.47 Å². The molecule has 0 amide bonds. The van der Waals surface area contributed by atoms with Crippen molar-refractivity contribution in [2.24, 2.45) is 0 Å². The van der Waals surface area contributed by atoms with E-state index in [0.29, 0.717) is 0 Å². The van der Waals surface area contributed by atoms with E-state index in [2.05, 4.69) is 39.0 Å². The summed E-state index contributed by atoms with van der Waals surface area (Å²) in [4.78, 5) is 0. The van der Waals surface area contributed by atoms with Crippen molar-refractivity contribution in [3.8, 4) is 11.5 Å². The first-order chi connectivity index (χ1) is 17.3. The summed E-state index contributed by atoms with van der Waals surface area (Å²) in [5.74, 6) is 2.01. The molecule has 0 unspecified atom stereocenters. The quantitative estimate of drug-likeness (QED) is 0.121. The van der Waals surface area contributed by atoms with Gasteiger partial charge in [0.15, 0.2) is 0 Å². The van der Waals surface area contributed by atoms with Crippen LogP contribution >= 0.6 is 0 Å². The molecule has 0 heterocycles. The number of benzene rings is 1. The SMILES string of the molecule is [CH2]CCc1c(OCCCCCCCCCCCC)cccc1OCCCCCCCCCCCC. The molecule has 0 aliphatic rings. The van der Waals surface area contributed by atoms with Crippen molar-refractivity contribution in [3.05, 3.63) is 30.7 Å². The molecule has 0 spiro atoms. The van der Waals surface area contributed by atoms with E-state index in [9.17, 15) is 0 Å². The average Bonchev–Trinajstić information content (AvgIpc) is 2.87. The molecule has 0 bridgehead atoms. The van der Waals surface area contributed by atoms with Crippen molar-refractivity contribution >= 4 is 0 Å². The molecule has 1 radical (unpaired) electrons. The van der Waals surface area contributed by atoms with E-state index in [1.165, 1.54) is 121 Å². The van der Waals surface area contributed by atoms with E-state index in [4.69, 9.17) is 9.47 Å². The lowest BCUT2D eigenvalue weighted by molar-refractivity contribution is 0.284. The molecular weight excluding hydrogens is 428 g/mol. The Morgan fingerprint density at radius 2 is 0.857 bits per heavy atom. The van der Waals surface area contributed by atoms with Gasteiger partial charge in [-0.2, -0.15) is 0 Å². The third-order valence-electron chi connectivity index (χ3n) is 7.03. The summed E-state index contributed by atoms with van der Waals surface area (Å²) >= 11 is 0. The maximum Gasteiger partial charge on any atom is 0.126 e. The summed E-state index contributed by atoms with van der Waals surface area (Å²) < 4.78 is 12.4. The van der Waals surface area contributed by atoms with Gasteiger partial charge in [0.25, 0.3) is 0 Å². The predicted molar refractivity (Wildman–Crippen MR) is 155 cm³/mol. The Kier molecular flexibility index (Phi) is 22.3. The summed E-state index contributed by atoms with van der Waals surface area (Å²) in [7, 11) is 0. The third-order valence-corrected chi connectivity index (χ3v) is 7.03. The second kappa shape index (κ2) is 24.5. The topological polar surface area (TPSA) is 18.5 Å². The Hall–Kier alpha value is -1.18. The van der Waals surface area contributed by atoms with Gasteiger partial charge in [0.2, 0.25) is 0 Å². The van der Waals surface area contributed by atoms with Crippen LogP contribution in [0.3, 0.4) is 0 Å². The van der Waals surface area contributed by atoms with Crippen LogP contribution in [0.15, 0.2) is 18.2 Å². The number of ether oxygens (including phenoxy) is 2.